The molecule has 0 bridgehead atoms. The zero-order chi connectivity index (χ0) is 22.6. The van der Waals surface area contributed by atoms with E-state index in [0.717, 1.165) is 39.4 Å². The molecule has 0 unspecified atom stereocenters. The number of halogens is 1. The van der Waals surface area contributed by atoms with Crippen molar-refractivity contribution < 1.29 is 13.9 Å². The minimum absolute atomic E-state index is 0.285. The monoisotopic (exact) mass is 439 g/mol. The van der Waals surface area contributed by atoms with Gasteiger partial charge in [-0.3, -0.25) is 0 Å². The molecular formula is C27H22FN3O2. The number of methoxy groups -OCH3 is 1. The molecule has 5 nitrogen and oxygen atoms in total. The van der Waals surface area contributed by atoms with Crippen molar-refractivity contribution in [1.82, 2.24) is 14.6 Å². The third-order valence-corrected chi connectivity index (χ3v) is 5.40. The molecule has 0 aliphatic heterocycles. The van der Waals surface area contributed by atoms with Gasteiger partial charge in [-0.05, 0) is 53.6 Å². The van der Waals surface area contributed by atoms with Crippen LogP contribution in [0.4, 0.5) is 4.39 Å². The van der Waals surface area contributed by atoms with Gasteiger partial charge in [0.2, 0.25) is 0 Å². The Balaban J connectivity index is 1.49. The molecule has 6 heteroatoms. The molecular weight excluding hydrogens is 417 g/mol. The summed E-state index contributed by atoms with van der Waals surface area (Å²) in [6.45, 7) is 0.835. The molecule has 0 spiro atoms. The fraction of sp³-hybridized carbons (Fsp3) is 0.111. The molecule has 0 atom stereocenters. The van der Waals surface area contributed by atoms with Crippen molar-refractivity contribution in [3.8, 4) is 28.1 Å². The molecule has 0 amide bonds. The third-order valence-electron chi connectivity index (χ3n) is 5.40. The maximum absolute atomic E-state index is 13.5. The topological polar surface area (TPSA) is 48.7 Å². The minimum Gasteiger partial charge on any atom is -0.489 e. The number of benzene rings is 3. The first-order valence-corrected chi connectivity index (χ1v) is 10.6. The lowest BCUT2D eigenvalue weighted by Gasteiger charge is -2.09. The van der Waals surface area contributed by atoms with Crippen molar-refractivity contribution in [1.29, 1.82) is 0 Å². The quantitative estimate of drug-likeness (QED) is 0.315. The van der Waals surface area contributed by atoms with E-state index in [2.05, 4.69) is 4.98 Å². The Morgan fingerprint density at radius 3 is 2.27 bits per heavy atom. The highest BCUT2D eigenvalue weighted by Gasteiger charge is 2.18. The Morgan fingerprint density at radius 2 is 1.55 bits per heavy atom. The summed E-state index contributed by atoms with van der Waals surface area (Å²) in [5, 5.41) is 4.78. The highest BCUT2D eigenvalue weighted by Crippen LogP contribution is 2.31. The molecule has 0 saturated heterocycles. The van der Waals surface area contributed by atoms with Crippen LogP contribution in [0, 0.1) is 5.82 Å². The second-order valence-corrected chi connectivity index (χ2v) is 7.63. The van der Waals surface area contributed by atoms with Gasteiger partial charge < -0.3 is 9.47 Å². The highest BCUT2D eigenvalue weighted by molar-refractivity contribution is 5.81. The predicted molar refractivity (Wildman–Crippen MR) is 125 cm³/mol. The molecule has 5 aromatic rings. The van der Waals surface area contributed by atoms with Gasteiger partial charge in [0.15, 0.2) is 5.65 Å². The smallest absolute Gasteiger partial charge is 0.163 e. The number of nitrogens with zero attached hydrogens (tertiary/aromatic N) is 3. The van der Waals surface area contributed by atoms with Crippen LogP contribution in [0.3, 0.4) is 0 Å². The van der Waals surface area contributed by atoms with Crippen LogP contribution in [0.2, 0.25) is 0 Å². The largest absolute Gasteiger partial charge is 0.489 e. The van der Waals surface area contributed by atoms with E-state index < -0.39 is 0 Å². The zero-order valence-electron chi connectivity index (χ0n) is 18.1. The summed E-state index contributed by atoms with van der Waals surface area (Å²) < 4.78 is 26.6. The summed E-state index contributed by atoms with van der Waals surface area (Å²) in [6.07, 6.45) is 1.76. The van der Waals surface area contributed by atoms with Crippen LogP contribution < -0.4 is 4.74 Å². The van der Waals surface area contributed by atoms with E-state index in [1.165, 1.54) is 12.1 Å². The van der Waals surface area contributed by atoms with Crippen molar-refractivity contribution in [3.05, 3.63) is 108 Å². The first-order valence-electron chi connectivity index (χ1n) is 10.6. The average molecular weight is 439 g/mol. The molecule has 0 fully saturated rings. The van der Waals surface area contributed by atoms with Gasteiger partial charge in [0.05, 0.1) is 23.6 Å². The van der Waals surface area contributed by atoms with Crippen LogP contribution in [0.1, 0.15) is 11.3 Å². The van der Waals surface area contributed by atoms with E-state index in [0.29, 0.717) is 18.9 Å². The molecule has 164 valence electrons. The maximum Gasteiger partial charge on any atom is 0.163 e. The molecule has 5 rings (SSSR count). The van der Waals surface area contributed by atoms with Crippen LogP contribution in [-0.4, -0.2) is 21.7 Å². The van der Waals surface area contributed by atoms with Crippen molar-refractivity contribution >= 4 is 5.65 Å². The second-order valence-electron chi connectivity index (χ2n) is 7.63. The highest BCUT2D eigenvalue weighted by atomic mass is 19.1. The van der Waals surface area contributed by atoms with Gasteiger partial charge in [-0.1, -0.05) is 42.5 Å². The molecule has 0 aliphatic carbocycles. The lowest BCUT2D eigenvalue weighted by Crippen LogP contribution is -1.97. The molecule has 2 aromatic heterocycles. The Bertz CT molecular complexity index is 1360. The Labute approximate surface area is 191 Å². The van der Waals surface area contributed by atoms with Gasteiger partial charge in [-0.25, -0.2) is 13.9 Å². The van der Waals surface area contributed by atoms with Crippen molar-refractivity contribution in [3.63, 3.8) is 0 Å². The normalized spacial score (nSPS) is 11.1. The van der Waals surface area contributed by atoms with Gasteiger partial charge in [-0.2, -0.15) is 5.10 Å². The summed E-state index contributed by atoms with van der Waals surface area (Å²) in [4.78, 5) is 4.58. The fourth-order valence-electron chi connectivity index (χ4n) is 3.82. The molecule has 3 aromatic carbocycles. The number of ether oxygens (including phenoxy) is 2. The number of hydrogen-bond donors (Lipinski definition) is 0. The van der Waals surface area contributed by atoms with Gasteiger partial charge >= 0.3 is 0 Å². The number of fused-ring (bicyclic) bond motifs is 1. The van der Waals surface area contributed by atoms with E-state index in [4.69, 9.17) is 14.6 Å². The summed E-state index contributed by atoms with van der Waals surface area (Å²) in [7, 11) is 1.63. The molecule has 0 radical (unpaired) electrons. The average Bonchev–Trinajstić information content (AvgIpc) is 3.23. The molecule has 0 aliphatic rings. The number of hydrogen-bond acceptors (Lipinski definition) is 4. The van der Waals surface area contributed by atoms with Crippen molar-refractivity contribution in [2.45, 2.75) is 13.2 Å². The number of aromatic nitrogens is 3. The van der Waals surface area contributed by atoms with Crippen molar-refractivity contribution in [2.75, 3.05) is 7.11 Å². The van der Waals surface area contributed by atoms with Gasteiger partial charge in [0.1, 0.15) is 18.2 Å². The van der Waals surface area contributed by atoms with E-state index in [1.807, 2.05) is 65.2 Å². The predicted octanol–water partition coefficient (Wildman–Crippen LogP) is 5.93. The zero-order valence-corrected chi connectivity index (χ0v) is 18.1. The standard InChI is InChI=1S/C27H22FN3O2/c1-32-18-24-26(21-7-11-22(28)12-8-21)27-29-16-15-25(31(27)30-24)20-9-13-23(14-10-20)33-17-19-5-3-2-4-6-19/h2-16H,17-18H2,1H3. The van der Waals surface area contributed by atoms with E-state index in [-0.39, 0.29) is 5.82 Å². The maximum atomic E-state index is 13.5. The van der Waals surface area contributed by atoms with Crippen molar-refractivity contribution in [2.24, 2.45) is 0 Å². The summed E-state index contributed by atoms with van der Waals surface area (Å²) >= 11 is 0. The first kappa shape index (κ1) is 20.8. The Hall–Kier alpha value is -4.03. The Kier molecular flexibility index (Phi) is 5.83. The van der Waals surface area contributed by atoms with Gasteiger partial charge in [0, 0.05) is 18.9 Å². The summed E-state index contributed by atoms with van der Waals surface area (Å²) in [6, 6.07) is 26.2. The Morgan fingerprint density at radius 1 is 0.818 bits per heavy atom. The number of rotatable bonds is 7. The SMILES string of the molecule is COCc1nn2c(-c3ccc(OCc4ccccc4)cc3)ccnc2c1-c1ccc(F)cc1. The molecule has 0 saturated carbocycles. The van der Waals surface area contributed by atoms with Crippen LogP contribution >= 0.6 is 0 Å². The van der Waals surface area contributed by atoms with E-state index in [9.17, 15) is 4.39 Å². The van der Waals surface area contributed by atoms with Crippen LogP contribution in [0.15, 0.2) is 91.1 Å². The van der Waals surface area contributed by atoms with E-state index >= 15 is 0 Å². The third kappa shape index (κ3) is 4.33. The summed E-state index contributed by atoms with van der Waals surface area (Å²) in [5.41, 5.74) is 6.09. The molecule has 0 N–H and O–H groups in total. The van der Waals surface area contributed by atoms with Crippen LogP contribution in [-0.2, 0) is 18.0 Å². The van der Waals surface area contributed by atoms with Crippen LogP contribution in [0.25, 0.3) is 28.0 Å². The lowest BCUT2D eigenvalue weighted by molar-refractivity contribution is 0.181. The second kappa shape index (κ2) is 9.22. The molecule has 33 heavy (non-hydrogen) atoms. The van der Waals surface area contributed by atoms with Gasteiger partial charge in [0.25, 0.3) is 0 Å². The lowest BCUT2D eigenvalue weighted by atomic mass is 10.1. The first-order chi connectivity index (χ1) is 16.2. The van der Waals surface area contributed by atoms with Gasteiger partial charge in [-0.15, -0.1) is 0 Å². The minimum atomic E-state index is -0.285. The van der Waals surface area contributed by atoms with E-state index in [1.54, 1.807) is 25.4 Å². The summed E-state index contributed by atoms with van der Waals surface area (Å²) in [5.74, 6) is 0.507. The fourth-order valence-corrected chi connectivity index (χ4v) is 3.82. The molecule has 2 heterocycles. The van der Waals surface area contributed by atoms with Crippen LogP contribution in [0.5, 0.6) is 5.75 Å².